The minimum Gasteiger partial charge on any atom is -0.347 e. The summed E-state index contributed by atoms with van der Waals surface area (Å²) in [4.78, 5) is 23.7. The van der Waals surface area contributed by atoms with Crippen molar-refractivity contribution in [2.45, 2.75) is 19.0 Å². The summed E-state index contributed by atoms with van der Waals surface area (Å²) >= 11 is 0. The Bertz CT molecular complexity index is 408. The number of hydrogen-bond acceptors (Lipinski definition) is 3. The quantitative estimate of drug-likeness (QED) is 0.571. The van der Waals surface area contributed by atoms with Gasteiger partial charge in [-0.25, -0.2) is 9.97 Å². The predicted molar refractivity (Wildman–Crippen MR) is 56.3 cm³/mol. The van der Waals surface area contributed by atoms with E-state index in [1.54, 1.807) is 18.9 Å². The van der Waals surface area contributed by atoms with Crippen molar-refractivity contribution in [2.24, 2.45) is 0 Å². The monoisotopic (exact) mass is 220 g/mol. The van der Waals surface area contributed by atoms with Gasteiger partial charge in [-0.3, -0.25) is 4.98 Å². The van der Waals surface area contributed by atoms with Crippen molar-refractivity contribution in [3.05, 3.63) is 36.4 Å². The summed E-state index contributed by atoms with van der Waals surface area (Å²) in [6.07, 6.45) is 8.48. The smallest absolute Gasteiger partial charge is 0.239 e. The topological polar surface area (TPSA) is 87.7 Å². The lowest BCUT2D eigenvalue weighted by Gasteiger charge is -2.08. The van der Waals surface area contributed by atoms with Crippen LogP contribution < -0.4 is 10.3 Å². The number of rotatable bonds is 6. The molecular weight excluding hydrogens is 206 g/mol. The number of aromatic amines is 3. The minimum atomic E-state index is -0.199. The second kappa shape index (κ2) is 5.22. The summed E-state index contributed by atoms with van der Waals surface area (Å²) in [5.41, 5.74) is 1.96. The summed E-state index contributed by atoms with van der Waals surface area (Å²) in [5, 5.41) is 3.14. The van der Waals surface area contributed by atoms with Crippen molar-refractivity contribution >= 4 is 6.29 Å². The van der Waals surface area contributed by atoms with Crippen LogP contribution in [-0.4, -0.2) is 27.3 Å². The van der Waals surface area contributed by atoms with Crippen molar-refractivity contribution in [3.63, 3.8) is 0 Å². The molecule has 4 N–H and O–H groups in total. The molecule has 0 unspecified atom stereocenters. The zero-order valence-corrected chi connectivity index (χ0v) is 8.73. The van der Waals surface area contributed by atoms with Gasteiger partial charge in [-0.05, 0) is 0 Å². The Balaban J connectivity index is 1.84. The maximum atomic E-state index is 10.9. The Morgan fingerprint density at radius 2 is 2.44 bits per heavy atom. The van der Waals surface area contributed by atoms with Gasteiger partial charge in [-0.15, -0.1) is 0 Å². The highest BCUT2D eigenvalue weighted by Crippen LogP contribution is 1.97. The SMILES string of the molecule is O=C[C@H](Cc1c[nH+]c[nH]1)NCc1cnc[nH]1. The predicted octanol–water partition coefficient (Wildman–Crippen LogP) is -0.548. The first kappa shape index (κ1) is 10.6. The molecule has 16 heavy (non-hydrogen) atoms. The van der Waals surface area contributed by atoms with E-state index in [9.17, 15) is 4.79 Å². The van der Waals surface area contributed by atoms with Crippen molar-refractivity contribution in [1.82, 2.24) is 20.3 Å². The Hall–Kier alpha value is -1.95. The van der Waals surface area contributed by atoms with E-state index in [2.05, 4.69) is 25.3 Å². The lowest BCUT2D eigenvalue weighted by atomic mass is 10.2. The number of aromatic nitrogens is 4. The summed E-state index contributed by atoms with van der Waals surface area (Å²) in [5.74, 6) is 0. The molecule has 0 saturated heterocycles. The van der Waals surface area contributed by atoms with Gasteiger partial charge in [0.2, 0.25) is 6.33 Å². The van der Waals surface area contributed by atoms with Crippen LogP contribution in [0.1, 0.15) is 11.4 Å². The van der Waals surface area contributed by atoms with Gasteiger partial charge in [-0.1, -0.05) is 0 Å². The number of nitrogens with one attached hydrogen (secondary N) is 4. The fraction of sp³-hybridized carbons (Fsp3) is 0.300. The Morgan fingerprint density at radius 3 is 3.06 bits per heavy atom. The second-order valence-electron chi connectivity index (χ2n) is 3.53. The molecule has 0 radical (unpaired) electrons. The number of imidazole rings is 2. The molecule has 0 aliphatic carbocycles. The zero-order valence-electron chi connectivity index (χ0n) is 8.73. The Kier molecular flexibility index (Phi) is 3.45. The van der Waals surface area contributed by atoms with Crippen LogP contribution in [0.15, 0.2) is 25.0 Å². The molecule has 0 aromatic carbocycles. The Labute approximate surface area is 92.5 Å². The van der Waals surface area contributed by atoms with E-state index in [4.69, 9.17) is 0 Å². The summed E-state index contributed by atoms with van der Waals surface area (Å²) < 4.78 is 0. The molecule has 6 heteroatoms. The molecule has 2 rings (SSSR count). The lowest BCUT2D eigenvalue weighted by molar-refractivity contribution is -0.376. The fourth-order valence-corrected chi connectivity index (χ4v) is 1.46. The van der Waals surface area contributed by atoms with Gasteiger partial charge in [0.05, 0.1) is 12.4 Å². The van der Waals surface area contributed by atoms with Gasteiger partial charge in [0.1, 0.15) is 18.2 Å². The lowest BCUT2D eigenvalue weighted by Crippen LogP contribution is -2.32. The van der Waals surface area contributed by atoms with Crippen LogP contribution in [-0.2, 0) is 17.8 Å². The molecule has 0 amide bonds. The molecule has 0 fully saturated rings. The summed E-state index contributed by atoms with van der Waals surface area (Å²) in [6.45, 7) is 0.605. The van der Waals surface area contributed by atoms with Gasteiger partial charge in [0.15, 0.2) is 0 Å². The molecule has 84 valence electrons. The second-order valence-corrected chi connectivity index (χ2v) is 3.53. The van der Waals surface area contributed by atoms with Gasteiger partial charge in [-0.2, -0.15) is 0 Å². The van der Waals surface area contributed by atoms with Gasteiger partial charge < -0.3 is 15.1 Å². The molecule has 0 spiro atoms. The van der Waals surface area contributed by atoms with Crippen LogP contribution in [0.5, 0.6) is 0 Å². The van der Waals surface area contributed by atoms with E-state index in [0.717, 1.165) is 17.7 Å². The van der Waals surface area contributed by atoms with Crippen molar-refractivity contribution in [2.75, 3.05) is 0 Å². The third-order valence-corrected chi connectivity index (χ3v) is 2.31. The van der Waals surface area contributed by atoms with Crippen LogP contribution >= 0.6 is 0 Å². The third kappa shape index (κ3) is 2.77. The highest BCUT2D eigenvalue weighted by Gasteiger charge is 2.11. The molecule has 1 atom stereocenters. The average molecular weight is 220 g/mol. The molecule has 2 aromatic rings. The maximum Gasteiger partial charge on any atom is 0.239 e. The molecule has 0 bridgehead atoms. The number of hydrogen-bond donors (Lipinski definition) is 3. The third-order valence-electron chi connectivity index (χ3n) is 2.31. The first-order valence-corrected chi connectivity index (χ1v) is 5.08. The number of H-pyrrole nitrogens is 3. The van der Waals surface area contributed by atoms with Gasteiger partial charge in [0.25, 0.3) is 0 Å². The summed E-state index contributed by atoms with van der Waals surface area (Å²) in [7, 11) is 0. The highest BCUT2D eigenvalue weighted by molar-refractivity contribution is 5.58. The van der Waals surface area contributed by atoms with E-state index >= 15 is 0 Å². The fourth-order valence-electron chi connectivity index (χ4n) is 1.46. The van der Waals surface area contributed by atoms with E-state index < -0.39 is 0 Å². The van der Waals surface area contributed by atoms with Crippen LogP contribution in [0.4, 0.5) is 0 Å². The molecule has 0 aliphatic rings. The number of carbonyl (C=O) groups excluding carboxylic acids is 1. The van der Waals surface area contributed by atoms with E-state index in [1.807, 2.05) is 6.20 Å². The Morgan fingerprint density at radius 1 is 1.50 bits per heavy atom. The average Bonchev–Trinajstić information content (AvgIpc) is 2.97. The van der Waals surface area contributed by atoms with Crippen molar-refractivity contribution in [1.29, 1.82) is 0 Å². The first-order valence-electron chi connectivity index (χ1n) is 5.08. The first-order chi connectivity index (χ1) is 7.88. The largest absolute Gasteiger partial charge is 0.347 e. The summed E-state index contributed by atoms with van der Waals surface area (Å²) in [6, 6.07) is -0.199. The standard InChI is InChI=1S/C10H13N5O/c16-5-9(1-8-2-11-6-14-8)13-4-10-3-12-7-15-10/h2-3,5-7,9,13H,1,4H2,(H,11,14)(H,12,15)/p+1/t9-/m0/s1. The molecular formula is C10H14N5O+. The number of aldehydes is 1. The molecule has 2 heterocycles. The molecule has 0 aliphatic heterocycles. The minimum absolute atomic E-state index is 0.199. The van der Waals surface area contributed by atoms with E-state index in [0.29, 0.717) is 13.0 Å². The van der Waals surface area contributed by atoms with Crippen LogP contribution in [0, 0.1) is 0 Å². The highest BCUT2D eigenvalue weighted by atomic mass is 16.1. The van der Waals surface area contributed by atoms with Crippen molar-refractivity contribution < 1.29 is 9.78 Å². The van der Waals surface area contributed by atoms with Gasteiger partial charge >= 0.3 is 0 Å². The van der Waals surface area contributed by atoms with E-state index in [1.165, 1.54) is 0 Å². The van der Waals surface area contributed by atoms with Gasteiger partial charge in [0, 0.05) is 24.9 Å². The van der Waals surface area contributed by atoms with Crippen LogP contribution in [0.2, 0.25) is 0 Å². The molecule has 0 saturated carbocycles. The number of carbonyl (C=O) groups is 1. The maximum absolute atomic E-state index is 10.9. The van der Waals surface area contributed by atoms with E-state index in [-0.39, 0.29) is 6.04 Å². The molecule has 6 nitrogen and oxygen atoms in total. The van der Waals surface area contributed by atoms with Crippen LogP contribution in [0.25, 0.3) is 0 Å². The van der Waals surface area contributed by atoms with Crippen LogP contribution in [0.3, 0.4) is 0 Å². The number of nitrogens with zero attached hydrogens (tertiary/aromatic N) is 1. The molecule has 2 aromatic heterocycles. The van der Waals surface area contributed by atoms with Crippen molar-refractivity contribution in [3.8, 4) is 0 Å². The zero-order chi connectivity index (χ0) is 11.2. The normalized spacial score (nSPS) is 12.5.